The van der Waals surface area contributed by atoms with Crippen molar-refractivity contribution in [2.45, 2.75) is 97.5 Å². The van der Waals surface area contributed by atoms with E-state index in [9.17, 15) is 14.7 Å². The molecule has 1 unspecified atom stereocenters. The van der Waals surface area contributed by atoms with Gasteiger partial charge >= 0.3 is 0 Å². The lowest BCUT2D eigenvalue weighted by Gasteiger charge is -2.29. The van der Waals surface area contributed by atoms with Gasteiger partial charge in [-0.05, 0) is 43.4 Å². The maximum absolute atomic E-state index is 12.2. The molecule has 4 heteroatoms. The van der Waals surface area contributed by atoms with Crippen LogP contribution >= 0.6 is 0 Å². The number of ketones is 2. The van der Waals surface area contributed by atoms with E-state index in [-0.39, 0.29) is 29.8 Å². The van der Waals surface area contributed by atoms with E-state index in [1.165, 1.54) is 0 Å². The van der Waals surface area contributed by atoms with Crippen molar-refractivity contribution in [3.8, 4) is 0 Å². The molecule has 156 valence electrons. The van der Waals surface area contributed by atoms with Crippen molar-refractivity contribution in [1.82, 2.24) is 0 Å². The van der Waals surface area contributed by atoms with Crippen molar-refractivity contribution >= 4 is 11.6 Å². The fraction of sp³-hybridized carbons (Fsp3) is 0.826. The lowest BCUT2D eigenvalue weighted by atomic mass is 9.80. The number of hydrogen-bond acceptors (Lipinski definition) is 4. The minimum atomic E-state index is -0.352. The molecule has 1 saturated carbocycles. The topological polar surface area (TPSA) is 74.6 Å². The molecule has 2 N–H and O–H groups in total. The molecule has 3 atom stereocenters. The highest BCUT2D eigenvalue weighted by Gasteiger charge is 2.32. The first kappa shape index (κ1) is 24.0. The van der Waals surface area contributed by atoms with Crippen LogP contribution in [-0.2, 0) is 9.59 Å². The Labute approximate surface area is 165 Å². The Morgan fingerprint density at radius 1 is 1.26 bits per heavy atom. The van der Waals surface area contributed by atoms with E-state index in [1.807, 2.05) is 0 Å². The van der Waals surface area contributed by atoms with Crippen LogP contribution in [0.15, 0.2) is 12.2 Å². The summed E-state index contributed by atoms with van der Waals surface area (Å²) in [5, 5.41) is 19.1. The molecule has 27 heavy (non-hydrogen) atoms. The summed E-state index contributed by atoms with van der Waals surface area (Å²) in [7, 11) is 0. The zero-order valence-electron chi connectivity index (χ0n) is 17.6. The normalized spacial score (nSPS) is 21.9. The minimum absolute atomic E-state index is 0.0681. The summed E-state index contributed by atoms with van der Waals surface area (Å²) in [5.74, 6) is 0.735. The molecule has 0 bridgehead atoms. The van der Waals surface area contributed by atoms with E-state index < -0.39 is 0 Å². The Morgan fingerprint density at radius 3 is 2.63 bits per heavy atom. The third-order valence-corrected chi connectivity index (χ3v) is 6.09. The molecule has 4 nitrogen and oxygen atoms in total. The summed E-state index contributed by atoms with van der Waals surface area (Å²) >= 11 is 0. The number of hydrogen-bond donors (Lipinski definition) is 2. The van der Waals surface area contributed by atoms with Crippen LogP contribution in [0.25, 0.3) is 0 Å². The van der Waals surface area contributed by atoms with E-state index in [2.05, 4.69) is 32.9 Å². The molecule has 1 aliphatic rings. The highest BCUT2D eigenvalue weighted by atomic mass is 16.3. The Kier molecular flexibility index (Phi) is 11.1. The second kappa shape index (κ2) is 12.5. The van der Waals surface area contributed by atoms with Gasteiger partial charge < -0.3 is 10.2 Å². The van der Waals surface area contributed by atoms with Crippen LogP contribution in [0, 0.1) is 17.3 Å². The number of aliphatic hydroxyl groups is 2. The van der Waals surface area contributed by atoms with Gasteiger partial charge in [0, 0.05) is 18.8 Å². The predicted molar refractivity (Wildman–Crippen MR) is 109 cm³/mol. The first-order chi connectivity index (χ1) is 12.8. The van der Waals surface area contributed by atoms with Crippen molar-refractivity contribution in [3.63, 3.8) is 0 Å². The standard InChI is InChI=1S/C23H40O4/c1-4-16-23(2,3)22(27)13-9-10-18-14-15-21(26)20(18)12-8-6-5-7-11-19(25)17-24/h9-10,18,20,22,24,27H,4-8,11-17H2,1-3H3/t18-,20+,22?/m0/s1. The summed E-state index contributed by atoms with van der Waals surface area (Å²) in [6.45, 7) is 6.02. The number of carbonyl (C=O) groups excluding carboxylic acids is 2. The third kappa shape index (κ3) is 8.69. The number of aliphatic hydroxyl groups excluding tert-OH is 2. The summed E-state index contributed by atoms with van der Waals surface area (Å²) in [4.78, 5) is 23.3. The van der Waals surface area contributed by atoms with Gasteiger partial charge in [-0.1, -0.05) is 58.6 Å². The zero-order valence-corrected chi connectivity index (χ0v) is 17.6. The van der Waals surface area contributed by atoms with Gasteiger partial charge in [-0.15, -0.1) is 0 Å². The second-order valence-electron chi connectivity index (χ2n) is 8.84. The van der Waals surface area contributed by atoms with Gasteiger partial charge in [0.15, 0.2) is 5.78 Å². The van der Waals surface area contributed by atoms with E-state index in [0.29, 0.717) is 31.0 Å². The van der Waals surface area contributed by atoms with E-state index in [4.69, 9.17) is 5.11 Å². The molecule has 0 aliphatic heterocycles. The quantitative estimate of drug-likeness (QED) is 0.341. The highest BCUT2D eigenvalue weighted by molar-refractivity contribution is 5.83. The second-order valence-corrected chi connectivity index (χ2v) is 8.84. The first-order valence-electron chi connectivity index (χ1n) is 10.8. The summed E-state index contributed by atoms with van der Waals surface area (Å²) in [5.41, 5.74) is -0.0681. The van der Waals surface area contributed by atoms with Crippen molar-refractivity contribution in [1.29, 1.82) is 0 Å². The van der Waals surface area contributed by atoms with Crippen LogP contribution < -0.4 is 0 Å². The van der Waals surface area contributed by atoms with E-state index in [0.717, 1.165) is 51.4 Å². The monoisotopic (exact) mass is 380 g/mol. The Hall–Kier alpha value is -1.00. The van der Waals surface area contributed by atoms with Gasteiger partial charge in [0.05, 0.1) is 6.10 Å². The average molecular weight is 381 g/mol. The average Bonchev–Trinajstić information content (AvgIpc) is 2.97. The van der Waals surface area contributed by atoms with Crippen LogP contribution in [0.1, 0.15) is 91.4 Å². The number of Topliss-reactive ketones (excluding diaryl/α,β-unsaturated/α-hetero) is 2. The third-order valence-electron chi connectivity index (χ3n) is 6.09. The Bertz CT molecular complexity index is 481. The summed E-state index contributed by atoms with van der Waals surface area (Å²) < 4.78 is 0. The van der Waals surface area contributed by atoms with Crippen LogP contribution in [0.5, 0.6) is 0 Å². The van der Waals surface area contributed by atoms with Crippen LogP contribution in [0.3, 0.4) is 0 Å². The highest BCUT2D eigenvalue weighted by Crippen LogP contribution is 2.34. The predicted octanol–water partition coefficient (Wildman–Crippen LogP) is 4.62. The molecule has 1 aliphatic carbocycles. The Morgan fingerprint density at radius 2 is 1.96 bits per heavy atom. The van der Waals surface area contributed by atoms with E-state index in [1.54, 1.807) is 0 Å². The first-order valence-corrected chi connectivity index (χ1v) is 10.8. The SMILES string of the molecule is CCCC(C)(C)C(O)CC=C[C@H]1CCC(=O)[C@@H]1CCCCCCC(=O)CO. The number of rotatable bonds is 14. The number of unbranched alkanes of at least 4 members (excludes halogenated alkanes) is 3. The van der Waals surface area contributed by atoms with Gasteiger partial charge in [0.1, 0.15) is 12.4 Å². The van der Waals surface area contributed by atoms with Crippen molar-refractivity contribution in [2.75, 3.05) is 6.61 Å². The van der Waals surface area contributed by atoms with Gasteiger partial charge in [-0.3, -0.25) is 9.59 Å². The summed E-state index contributed by atoms with van der Waals surface area (Å²) in [6, 6.07) is 0. The number of carbonyl (C=O) groups is 2. The molecule has 0 heterocycles. The largest absolute Gasteiger partial charge is 0.392 e. The lowest BCUT2D eigenvalue weighted by Crippen LogP contribution is -2.28. The van der Waals surface area contributed by atoms with Gasteiger partial charge in [-0.2, -0.15) is 0 Å². The molecular formula is C23H40O4. The van der Waals surface area contributed by atoms with Gasteiger partial charge in [-0.25, -0.2) is 0 Å². The minimum Gasteiger partial charge on any atom is -0.392 e. The van der Waals surface area contributed by atoms with Crippen LogP contribution in [-0.4, -0.2) is 34.5 Å². The van der Waals surface area contributed by atoms with E-state index >= 15 is 0 Å². The molecule has 1 fully saturated rings. The van der Waals surface area contributed by atoms with Crippen molar-refractivity contribution < 1.29 is 19.8 Å². The molecule has 0 aromatic rings. The van der Waals surface area contributed by atoms with Crippen molar-refractivity contribution in [2.24, 2.45) is 17.3 Å². The smallest absolute Gasteiger partial charge is 0.158 e. The Balaban J connectivity index is 2.35. The van der Waals surface area contributed by atoms with Crippen LogP contribution in [0.2, 0.25) is 0 Å². The molecule has 0 spiro atoms. The summed E-state index contributed by atoms with van der Waals surface area (Å²) in [6.07, 6.45) is 13.5. The fourth-order valence-corrected chi connectivity index (χ4v) is 4.17. The number of allylic oxidation sites excluding steroid dienone is 1. The lowest BCUT2D eigenvalue weighted by molar-refractivity contribution is -0.122. The van der Waals surface area contributed by atoms with Gasteiger partial charge in [0.25, 0.3) is 0 Å². The van der Waals surface area contributed by atoms with Crippen molar-refractivity contribution in [3.05, 3.63) is 12.2 Å². The maximum atomic E-state index is 12.2. The van der Waals surface area contributed by atoms with Crippen LogP contribution in [0.4, 0.5) is 0 Å². The fourth-order valence-electron chi connectivity index (χ4n) is 4.17. The van der Waals surface area contributed by atoms with Gasteiger partial charge in [0.2, 0.25) is 0 Å². The molecule has 0 aromatic carbocycles. The molecule has 0 aromatic heterocycles. The maximum Gasteiger partial charge on any atom is 0.158 e. The molecule has 0 amide bonds. The molecule has 1 rings (SSSR count). The molecule has 0 radical (unpaired) electrons. The molecule has 0 saturated heterocycles. The molecular weight excluding hydrogens is 340 g/mol. The zero-order chi connectivity index (χ0) is 20.3.